The normalized spacial score (nSPS) is 13.6. The molecule has 0 radical (unpaired) electrons. The summed E-state index contributed by atoms with van der Waals surface area (Å²) in [5, 5.41) is 2.79. The van der Waals surface area contributed by atoms with Crippen LogP contribution in [0.4, 0.5) is 11.6 Å². The van der Waals surface area contributed by atoms with Crippen molar-refractivity contribution in [1.29, 1.82) is 0 Å². The fourth-order valence-electron chi connectivity index (χ4n) is 2.75. The number of benzene rings is 1. The number of ether oxygens (including phenoxy) is 1. The van der Waals surface area contributed by atoms with Crippen molar-refractivity contribution < 1.29 is 14.3 Å². The summed E-state index contributed by atoms with van der Waals surface area (Å²) in [7, 11) is 1.33. The highest BCUT2D eigenvalue weighted by Gasteiger charge is 2.18. The number of carbonyl (C=O) groups is 2. The lowest BCUT2D eigenvalue weighted by atomic mass is 10.2. The van der Waals surface area contributed by atoms with Crippen molar-refractivity contribution in [3.63, 3.8) is 0 Å². The first-order chi connectivity index (χ1) is 12.1. The quantitative estimate of drug-likeness (QED) is 0.861. The molecule has 0 spiro atoms. The van der Waals surface area contributed by atoms with Crippen molar-refractivity contribution in [3.8, 4) is 0 Å². The maximum atomic E-state index is 12.4. The van der Waals surface area contributed by atoms with Gasteiger partial charge in [0.1, 0.15) is 0 Å². The Morgan fingerprint density at radius 1 is 1.16 bits per heavy atom. The van der Waals surface area contributed by atoms with Crippen LogP contribution in [0.2, 0.25) is 0 Å². The molecule has 1 aliphatic heterocycles. The molecule has 2 aromatic rings. The average molecular weight is 340 g/mol. The number of hydrogen-bond donors (Lipinski definition) is 1. The van der Waals surface area contributed by atoms with Crippen LogP contribution in [0.3, 0.4) is 0 Å². The lowest BCUT2D eigenvalue weighted by Gasteiger charge is -2.16. The van der Waals surface area contributed by atoms with Gasteiger partial charge in [0.15, 0.2) is 0 Å². The maximum absolute atomic E-state index is 12.4. The van der Waals surface area contributed by atoms with Gasteiger partial charge in [0.25, 0.3) is 5.91 Å². The molecule has 2 heterocycles. The van der Waals surface area contributed by atoms with Gasteiger partial charge in [0.05, 0.1) is 23.9 Å². The lowest BCUT2D eigenvalue weighted by molar-refractivity contribution is 0.0600. The Labute approximate surface area is 146 Å². The van der Waals surface area contributed by atoms with Crippen LogP contribution >= 0.6 is 0 Å². The molecule has 7 nitrogen and oxygen atoms in total. The van der Waals surface area contributed by atoms with Crippen molar-refractivity contribution in [2.45, 2.75) is 19.8 Å². The van der Waals surface area contributed by atoms with Crippen molar-refractivity contribution in [2.24, 2.45) is 0 Å². The molecule has 0 bridgehead atoms. The molecule has 0 unspecified atom stereocenters. The molecular formula is C18H20N4O3. The van der Waals surface area contributed by atoms with E-state index in [-0.39, 0.29) is 5.91 Å². The largest absolute Gasteiger partial charge is 0.465 e. The van der Waals surface area contributed by atoms with E-state index in [0.29, 0.717) is 28.5 Å². The molecule has 0 aliphatic carbocycles. The van der Waals surface area contributed by atoms with Gasteiger partial charge in [-0.05, 0) is 44.0 Å². The zero-order valence-electron chi connectivity index (χ0n) is 14.3. The number of amides is 1. The number of aromatic nitrogens is 2. The molecule has 1 fully saturated rings. The highest BCUT2D eigenvalue weighted by Crippen LogP contribution is 2.18. The number of nitrogens with one attached hydrogen (secondary N) is 1. The number of rotatable bonds is 4. The second-order valence-electron chi connectivity index (χ2n) is 5.89. The summed E-state index contributed by atoms with van der Waals surface area (Å²) < 4.78 is 4.65. The molecule has 3 rings (SSSR count). The summed E-state index contributed by atoms with van der Waals surface area (Å²) in [5.41, 5.74) is 2.08. The van der Waals surface area contributed by atoms with Crippen LogP contribution in [-0.4, -0.2) is 42.0 Å². The second-order valence-corrected chi connectivity index (χ2v) is 5.89. The third kappa shape index (κ3) is 3.76. The second kappa shape index (κ2) is 7.29. The average Bonchev–Trinajstić information content (AvgIpc) is 3.16. The van der Waals surface area contributed by atoms with E-state index in [1.807, 2.05) is 0 Å². The highest BCUT2D eigenvalue weighted by atomic mass is 16.5. The Kier molecular flexibility index (Phi) is 4.92. The Morgan fingerprint density at radius 2 is 1.84 bits per heavy atom. The van der Waals surface area contributed by atoms with Gasteiger partial charge >= 0.3 is 5.97 Å². The summed E-state index contributed by atoms with van der Waals surface area (Å²) in [5.74, 6) is -0.0232. The Bertz CT molecular complexity index is 783. The van der Waals surface area contributed by atoms with Crippen LogP contribution in [0.25, 0.3) is 0 Å². The molecule has 130 valence electrons. The predicted molar refractivity (Wildman–Crippen MR) is 94.0 cm³/mol. The van der Waals surface area contributed by atoms with Gasteiger partial charge in [0.2, 0.25) is 5.95 Å². The van der Waals surface area contributed by atoms with Crippen molar-refractivity contribution in [3.05, 3.63) is 47.3 Å². The predicted octanol–water partition coefficient (Wildman–Crippen LogP) is 2.42. The maximum Gasteiger partial charge on any atom is 0.337 e. The molecule has 1 aromatic carbocycles. The van der Waals surface area contributed by atoms with Crippen LogP contribution in [0, 0.1) is 6.92 Å². The fourth-order valence-corrected chi connectivity index (χ4v) is 2.75. The van der Waals surface area contributed by atoms with E-state index in [1.54, 1.807) is 37.4 Å². The third-order valence-corrected chi connectivity index (χ3v) is 4.16. The number of hydrogen-bond acceptors (Lipinski definition) is 6. The Hall–Kier alpha value is -2.96. The summed E-state index contributed by atoms with van der Waals surface area (Å²) in [6.07, 6.45) is 3.85. The molecular weight excluding hydrogens is 320 g/mol. The molecule has 0 saturated carbocycles. The van der Waals surface area contributed by atoms with Gasteiger partial charge in [0, 0.05) is 25.0 Å². The van der Waals surface area contributed by atoms with E-state index in [4.69, 9.17) is 0 Å². The summed E-state index contributed by atoms with van der Waals surface area (Å²) in [6, 6.07) is 6.50. The fraction of sp³-hybridized carbons (Fsp3) is 0.333. The summed E-state index contributed by atoms with van der Waals surface area (Å²) in [4.78, 5) is 34.8. The minimum Gasteiger partial charge on any atom is -0.465 e. The van der Waals surface area contributed by atoms with Gasteiger partial charge in [-0.25, -0.2) is 14.8 Å². The molecule has 0 atom stereocenters. The zero-order valence-corrected chi connectivity index (χ0v) is 14.3. The standard InChI is InChI=1S/C18H20N4O3/c1-12-15(11-19-18(20-12)22-9-3-4-10-22)16(23)21-14-7-5-13(6-8-14)17(24)25-2/h5-8,11H,3-4,9-10H2,1-2H3,(H,21,23). The van der Waals surface area contributed by atoms with Gasteiger partial charge < -0.3 is 15.0 Å². The lowest BCUT2D eigenvalue weighted by Crippen LogP contribution is -2.22. The van der Waals surface area contributed by atoms with Crippen molar-refractivity contribution in [1.82, 2.24) is 9.97 Å². The van der Waals surface area contributed by atoms with E-state index in [2.05, 4.69) is 24.9 Å². The molecule has 7 heteroatoms. The first kappa shape index (κ1) is 16.9. The van der Waals surface area contributed by atoms with E-state index in [9.17, 15) is 9.59 Å². The number of carbonyl (C=O) groups excluding carboxylic acids is 2. The molecule has 1 amide bonds. The first-order valence-electron chi connectivity index (χ1n) is 8.17. The number of anilines is 2. The first-order valence-corrected chi connectivity index (χ1v) is 8.17. The monoisotopic (exact) mass is 340 g/mol. The Balaban J connectivity index is 1.71. The van der Waals surface area contributed by atoms with E-state index in [1.165, 1.54) is 7.11 Å². The molecule has 25 heavy (non-hydrogen) atoms. The van der Waals surface area contributed by atoms with Crippen LogP contribution in [0.15, 0.2) is 30.5 Å². The van der Waals surface area contributed by atoms with E-state index >= 15 is 0 Å². The molecule has 1 saturated heterocycles. The van der Waals surface area contributed by atoms with Gasteiger partial charge in [-0.1, -0.05) is 0 Å². The minimum atomic E-state index is -0.417. The van der Waals surface area contributed by atoms with Gasteiger partial charge in [-0.15, -0.1) is 0 Å². The van der Waals surface area contributed by atoms with Crippen molar-refractivity contribution >= 4 is 23.5 Å². The SMILES string of the molecule is COC(=O)c1ccc(NC(=O)c2cnc(N3CCCC3)nc2C)cc1. The summed E-state index contributed by atoms with van der Waals surface area (Å²) >= 11 is 0. The van der Waals surface area contributed by atoms with Crippen LogP contribution in [-0.2, 0) is 4.74 Å². The van der Waals surface area contributed by atoms with E-state index in [0.717, 1.165) is 25.9 Å². The van der Waals surface area contributed by atoms with E-state index < -0.39 is 5.97 Å². The summed E-state index contributed by atoms with van der Waals surface area (Å²) in [6.45, 7) is 3.71. The minimum absolute atomic E-state index is 0.281. The van der Waals surface area contributed by atoms with Gasteiger partial charge in [-0.3, -0.25) is 4.79 Å². The topological polar surface area (TPSA) is 84.4 Å². The van der Waals surface area contributed by atoms with Crippen LogP contribution in [0.5, 0.6) is 0 Å². The smallest absolute Gasteiger partial charge is 0.337 e. The number of aryl methyl sites for hydroxylation is 1. The Morgan fingerprint density at radius 3 is 2.44 bits per heavy atom. The molecule has 1 aliphatic rings. The van der Waals surface area contributed by atoms with Crippen LogP contribution in [0.1, 0.15) is 39.3 Å². The molecule has 1 N–H and O–H groups in total. The zero-order chi connectivity index (χ0) is 17.8. The molecule has 1 aromatic heterocycles. The van der Waals surface area contributed by atoms with Crippen molar-refractivity contribution in [2.75, 3.05) is 30.4 Å². The van der Waals surface area contributed by atoms with Crippen LogP contribution < -0.4 is 10.2 Å². The third-order valence-electron chi connectivity index (χ3n) is 4.16. The number of esters is 1. The van der Waals surface area contributed by atoms with Gasteiger partial charge in [-0.2, -0.15) is 0 Å². The highest BCUT2D eigenvalue weighted by molar-refractivity contribution is 6.05. The number of nitrogens with zero attached hydrogens (tertiary/aromatic N) is 3. The number of methoxy groups -OCH3 is 1.